The molecule has 1 aromatic heterocycles. The predicted octanol–water partition coefficient (Wildman–Crippen LogP) is 5.28. The van der Waals surface area contributed by atoms with Crippen molar-refractivity contribution in [3.63, 3.8) is 0 Å². The van der Waals surface area contributed by atoms with Gasteiger partial charge in [-0.05, 0) is 70.6 Å². The smallest absolute Gasteiger partial charge is 0.222 e. The number of aromatic nitrogens is 1. The normalized spacial score (nSPS) is 19.5. The summed E-state index contributed by atoms with van der Waals surface area (Å²) in [6.45, 7) is 5.13. The van der Waals surface area contributed by atoms with E-state index in [2.05, 4.69) is 4.98 Å². The summed E-state index contributed by atoms with van der Waals surface area (Å²) in [6, 6.07) is 6.36. The van der Waals surface area contributed by atoms with Crippen molar-refractivity contribution < 1.29 is 26.7 Å². The van der Waals surface area contributed by atoms with E-state index in [1.165, 1.54) is 12.3 Å². The molecule has 1 aromatic carbocycles. The monoisotopic (exact) mass is 465 g/mol. The van der Waals surface area contributed by atoms with Gasteiger partial charge in [-0.15, -0.1) is 0 Å². The van der Waals surface area contributed by atoms with Crippen LogP contribution in [0.4, 0.5) is 8.78 Å². The molecule has 32 heavy (non-hydrogen) atoms. The third-order valence-electron chi connectivity index (χ3n) is 6.01. The van der Waals surface area contributed by atoms with Crippen LogP contribution in [-0.4, -0.2) is 29.7 Å². The van der Waals surface area contributed by atoms with Gasteiger partial charge in [-0.1, -0.05) is 6.07 Å². The van der Waals surface area contributed by atoms with Gasteiger partial charge in [-0.3, -0.25) is 4.79 Å². The summed E-state index contributed by atoms with van der Waals surface area (Å²) in [5, 5.41) is 0. The minimum atomic E-state index is -3.19. The molecule has 0 atom stereocenters. The van der Waals surface area contributed by atoms with E-state index in [0.717, 1.165) is 12.1 Å². The SMILES string of the molecule is CC(C)(C)S(=O)(=O)CC1CCC(C(=O)Cc2cccnc2Oc2ccc(F)cc2F)CC1. The lowest BCUT2D eigenvalue weighted by molar-refractivity contribution is -0.123. The maximum absolute atomic E-state index is 13.9. The van der Waals surface area contributed by atoms with Crippen LogP contribution in [0.1, 0.15) is 52.0 Å². The summed E-state index contributed by atoms with van der Waals surface area (Å²) < 4.78 is 56.8. The zero-order valence-electron chi connectivity index (χ0n) is 18.6. The molecule has 2 aromatic rings. The van der Waals surface area contributed by atoms with Crippen LogP contribution in [-0.2, 0) is 21.1 Å². The third-order valence-corrected chi connectivity index (χ3v) is 8.78. The number of hydrogen-bond acceptors (Lipinski definition) is 5. The van der Waals surface area contributed by atoms with Crippen LogP contribution < -0.4 is 4.74 Å². The molecule has 0 N–H and O–H groups in total. The first kappa shape index (κ1) is 24.3. The van der Waals surface area contributed by atoms with Crippen molar-refractivity contribution in [1.82, 2.24) is 4.98 Å². The molecule has 8 heteroatoms. The molecule has 1 fully saturated rings. The Kier molecular flexibility index (Phi) is 7.32. The van der Waals surface area contributed by atoms with Gasteiger partial charge in [0.15, 0.2) is 21.4 Å². The zero-order chi connectivity index (χ0) is 23.5. The Morgan fingerprint density at radius 2 is 1.81 bits per heavy atom. The van der Waals surface area contributed by atoms with Gasteiger partial charge in [0.2, 0.25) is 5.88 Å². The van der Waals surface area contributed by atoms with Gasteiger partial charge in [0, 0.05) is 30.2 Å². The highest BCUT2D eigenvalue weighted by molar-refractivity contribution is 7.92. The van der Waals surface area contributed by atoms with Crippen LogP contribution in [0.3, 0.4) is 0 Å². The molecule has 0 saturated heterocycles. The number of carbonyl (C=O) groups is 1. The summed E-state index contributed by atoms with van der Waals surface area (Å²) in [7, 11) is -3.19. The van der Waals surface area contributed by atoms with Crippen molar-refractivity contribution in [2.24, 2.45) is 11.8 Å². The summed E-state index contributed by atoms with van der Waals surface area (Å²) in [6.07, 6.45) is 4.25. The molecule has 0 radical (unpaired) electrons. The van der Waals surface area contributed by atoms with Crippen LogP contribution in [0.2, 0.25) is 0 Å². The van der Waals surface area contributed by atoms with Gasteiger partial charge in [-0.2, -0.15) is 0 Å². The van der Waals surface area contributed by atoms with Gasteiger partial charge < -0.3 is 4.74 Å². The second-order valence-electron chi connectivity index (χ2n) is 9.40. The van der Waals surface area contributed by atoms with Crippen molar-refractivity contribution in [2.45, 2.75) is 57.6 Å². The van der Waals surface area contributed by atoms with Crippen molar-refractivity contribution >= 4 is 15.6 Å². The number of ketones is 1. The van der Waals surface area contributed by atoms with Crippen LogP contribution in [0.15, 0.2) is 36.5 Å². The number of Topliss-reactive ketones (excluding diaryl/α,β-unsaturated/α-hetero) is 1. The lowest BCUT2D eigenvalue weighted by atomic mass is 9.79. The molecule has 0 aliphatic heterocycles. The number of ether oxygens (including phenoxy) is 1. The highest BCUT2D eigenvalue weighted by atomic mass is 32.2. The quantitative estimate of drug-likeness (QED) is 0.556. The fourth-order valence-electron chi connectivity index (χ4n) is 3.86. The average molecular weight is 466 g/mol. The van der Waals surface area contributed by atoms with E-state index in [1.807, 2.05) is 0 Å². The number of hydrogen-bond donors (Lipinski definition) is 0. The maximum atomic E-state index is 13.9. The molecule has 0 spiro atoms. The first-order valence-corrected chi connectivity index (χ1v) is 12.4. The zero-order valence-corrected chi connectivity index (χ0v) is 19.4. The standard InChI is InChI=1S/C24H29F2NO4S/c1-24(2,3)32(29,30)15-16-6-8-17(9-7-16)21(28)13-18-5-4-12-27-23(18)31-22-11-10-19(25)14-20(22)26/h4-5,10-12,14,16-17H,6-9,13,15H2,1-3H3. The fourth-order valence-corrected chi connectivity index (χ4v) is 5.31. The van der Waals surface area contributed by atoms with E-state index < -0.39 is 26.2 Å². The Morgan fingerprint density at radius 3 is 2.44 bits per heavy atom. The number of pyridine rings is 1. The summed E-state index contributed by atoms with van der Waals surface area (Å²) >= 11 is 0. The van der Waals surface area contributed by atoms with Crippen LogP contribution in [0.25, 0.3) is 0 Å². The maximum Gasteiger partial charge on any atom is 0.222 e. The van der Waals surface area contributed by atoms with E-state index in [1.54, 1.807) is 32.9 Å². The molecule has 1 saturated carbocycles. The number of carbonyl (C=O) groups excluding carboxylic acids is 1. The summed E-state index contributed by atoms with van der Waals surface area (Å²) in [5.41, 5.74) is 0.527. The molecule has 5 nitrogen and oxygen atoms in total. The van der Waals surface area contributed by atoms with Gasteiger partial charge in [0.25, 0.3) is 0 Å². The van der Waals surface area contributed by atoms with Crippen molar-refractivity contribution in [3.8, 4) is 11.6 Å². The van der Waals surface area contributed by atoms with Crippen molar-refractivity contribution in [3.05, 3.63) is 53.7 Å². The Morgan fingerprint density at radius 1 is 1.12 bits per heavy atom. The van der Waals surface area contributed by atoms with Crippen molar-refractivity contribution in [1.29, 1.82) is 0 Å². The second-order valence-corrected chi connectivity index (χ2v) is 12.2. The molecule has 0 unspecified atom stereocenters. The second kappa shape index (κ2) is 9.65. The minimum Gasteiger partial charge on any atom is -0.436 e. The van der Waals surface area contributed by atoms with Crippen LogP contribution >= 0.6 is 0 Å². The van der Waals surface area contributed by atoms with Crippen molar-refractivity contribution in [2.75, 3.05) is 5.75 Å². The van der Waals surface area contributed by atoms with E-state index in [9.17, 15) is 22.0 Å². The molecular weight excluding hydrogens is 436 g/mol. The first-order chi connectivity index (χ1) is 15.0. The summed E-state index contributed by atoms with van der Waals surface area (Å²) in [4.78, 5) is 17.0. The molecule has 0 amide bonds. The number of halogens is 2. The minimum absolute atomic E-state index is 0.0274. The highest BCUT2D eigenvalue weighted by Crippen LogP contribution is 2.34. The number of rotatable bonds is 7. The van der Waals surface area contributed by atoms with E-state index in [0.29, 0.717) is 31.2 Å². The molecule has 1 aliphatic carbocycles. The molecule has 3 rings (SSSR count). The van der Waals surface area contributed by atoms with Gasteiger partial charge in [0.05, 0.1) is 10.5 Å². The Bertz CT molecular complexity index is 1070. The number of benzene rings is 1. The van der Waals surface area contributed by atoms with E-state index >= 15 is 0 Å². The molecule has 1 heterocycles. The third kappa shape index (κ3) is 5.91. The largest absolute Gasteiger partial charge is 0.436 e. The van der Waals surface area contributed by atoms with E-state index in [-0.39, 0.29) is 41.4 Å². The molecule has 0 bridgehead atoms. The van der Waals surface area contributed by atoms with E-state index in [4.69, 9.17) is 4.74 Å². The predicted molar refractivity (Wildman–Crippen MR) is 118 cm³/mol. The summed E-state index contributed by atoms with van der Waals surface area (Å²) in [5.74, 6) is -1.52. The highest BCUT2D eigenvalue weighted by Gasteiger charge is 2.34. The molecule has 1 aliphatic rings. The fraction of sp³-hybridized carbons (Fsp3) is 0.500. The molecule has 174 valence electrons. The van der Waals surface area contributed by atoms with Gasteiger partial charge in [0.1, 0.15) is 11.6 Å². The Labute approximate surface area is 188 Å². The Hall–Kier alpha value is -2.35. The average Bonchev–Trinajstić information content (AvgIpc) is 2.71. The lowest BCUT2D eigenvalue weighted by Gasteiger charge is -2.30. The first-order valence-electron chi connectivity index (χ1n) is 10.8. The van der Waals surface area contributed by atoms with Gasteiger partial charge >= 0.3 is 0 Å². The number of sulfone groups is 1. The van der Waals surface area contributed by atoms with Gasteiger partial charge in [-0.25, -0.2) is 22.2 Å². The lowest BCUT2D eigenvalue weighted by Crippen LogP contribution is -2.35. The van der Waals surface area contributed by atoms with Crippen LogP contribution in [0, 0.1) is 23.5 Å². The topological polar surface area (TPSA) is 73.3 Å². The van der Waals surface area contributed by atoms with Crippen LogP contribution in [0.5, 0.6) is 11.6 Å². The Balaban J connectivity index is 1.61. The molecular formula is C24H29F2NO4S. The number of nitrogens with zero attached hydrogens (tertiary/aromatic N) is 1.